The summed E-state index contributed by atoms with van der Waals surface area (Å²) in [5.41, 5.74) is 1.30. The fourth-order valence-corrected chi connectivity index (χ4v) is 1.77. The van der Waals surface area contributed by atoms with Gasteiger partial charge in [-0.1, -0.05) is 12.1 Å². The van der Waals surface area contributed by atoms with Crippen LogP contribution in [0.3, 0.4) is 0 Å². The minimum atomic E-state index is -0.578. The van der Waals surface area contributed by atoms with Gasteiger partial charge in [0.05, 0.1) is 6.61 Å². The van der Waals surface area contributed by atoms with Crippen LogP contribution >= 0.6 is 0 Å². The maximum absolute atomic E-state index is 9.61. The molecule has 114 valence electrons. The number of aliphatic hydroxyl groups is 1. The summed E-state index contributed by atoms with van der Waals surface area (Å²) in [6.45, 7) is 5.27. The second kappa shape index (κ2) is 9.75. The fraction of sp³-hybridized carbons (Fsp3) is 0.625. The van der Waals surface area contributed by atoms with Gasteiger partial charge in [0.2, 0.25) is 0 Å². The Balaban J connectivity index is 2.31. The van der Waals surface area contributed by atoms with Gasteiger partial charge < -0.3 is 19.9 Å². The first-order valence-electron chi connectivity index (χ1n) is 7.30. The zero-order chi connectivity index (χ0) is 14.8. The lowest BCUT2D eigenvalue weighted by atomic mass is 10.1. The number of rotatable bonds is 10. The van der Waals surface area contributed by atoms with Crippen LogP contribution in [0.25, 0.3) is 0 Å². The zero-order valence-electron chi connectivity index (χ0n) is 12.8. The summed E-state index contributed by atoms with van der Waals surface area (Å²) in [5, 5.41) is 12.8. The predicted molar refractivity (Wildman–Crippen MR) is 81.3 cm³/mol. The summed E-state index contributed by atoms with van der Waals surface area (Å²) in [7, 11) is 1.98. The van der Waals surface area contributed by atoms with Crippen molar-refractivity contribution in [1.82, 2.24) is 5.32 Å². The molecule has 0 aliphatic rings. The molecule has 0 saturated heterocycles. The predicted octanol–water partition coefficient (Wildman–Crippen LogP) is 2.00. The molecule has 0 heterocycles. The van der Waals surface area contributed by atoms with Gasteiger partial charge in [-0.15, -0.1) is 0 Å². The molecule has 4 heteroatoms. The maximum atomic E-state index is 9.61. The Morgan fingerprint density at radius 1 is 1.20 bits per heavy atom. The summed E-state index contributed by atoms with van der Waals surface area (Å²) in [6.07, 6.45) is 1.59. The number of ether oxygens (including phenoxy) is 2. The van der Waals surface area contributed by atoms with Gasteiger partial charge in [0.15, 0.2) is 0 Å². The van der Waals surface area contributed by atoms with Crippen LogP contribution in [0.1, 0.15) is 25.8 Å². The minimum absolute atomic E-state index is 0.260. The number of hydrogen-bond donors (Lipinski definition) is 2. The van der Waals surface area contributed by atoms with Crippen molar-refractivity contribution in [3.63, 3.8) is 0 Å². The Morgan fingerprint density at radius 2 is 1.90 bits per heavy atom. The van der Waals surface area contributed by atoms with Crippen molar-refractivity contribution in [2.75, 3.05) is 26.9 Å². The van der Waals surface area contributed by atoms with Crippen molar-refractivity contribution >= 4 is 0 Å². The summed E-state index contributed by atoms with van der Waals surface area (Å²) in [5.74, 6) is 0.783. The third-order valence-electron chi connectivity index (χ3n) is 3.24. The molecule has 4 nitrogen and oxygen atoms in total. The lowest BCUT2D eigenvalue weighted by Gasteiger charge is -2.13. The molecule has 0 aliphatic carbocycles. The molecule has 0 spiro atoms. The van der Waals surface area contributed by atoms with Gasteiger partial charge in [0.1, 0.15) is 18.5 Å². The molecule has 0 bridgehead atoms. The van der Waals surface area contributed by atoms with Gasteiger partial charge in [0.25, 0.3) is 0 Å². The Morgan fingerprint density at radius 3 is 2.50 bits per heavy atom. The summed E-state index contributed by atoms with van der Waals surface area (Å²) < 4.78 is 10.7. The van der Waals surface area contributed by atoms with Crippen molar-refractivity contribution in [2.24, 2.45) is 0 Å². The SMILES string of the molecule is CCOCC(O)COc1ccc(CCC(C)NC)cc1. The first-order chi connectivity index (χ1) is 9.65. The standard InChI is InChI=1S/C16H27NO3/c1-4-19-11-15(18)12-20-16-9-7-14(8-10-16)6-5-13(2)17-3/h7-10,13,15,17-18H,4-6,11-12H2,1-3H3. The van der Waals surface area contributed by atoms with Gasteiger partial charge in [0, 0.05) is 12.6 Å². The zero-order valence-corrected chi connectivity index (χ0v) is 12.8. The highest BCUT2D eigenvalue weighted by Gasteiger charge is 2.05. The van der Waals surface area contributed by atoms with E-state index in [1.54, 1.807) is 0 Å². The summed E-state index contributed by atoms with van der Waals surface area (Å²) >= 11 is 0. The Kier molecular flexibility index (Phi) is 8.26. The highest BCUT2D eigenvalue weighted by molar-refractivity contribution is 5.27. The van der Waals surface area contributed by atoms with E-state index in [0.717, 1.165) is 18.6 Å². The average Bonchev–Trinajstić information content (AvgIpc) is 2.49. The normalized spacial score (nSPS) is 14.0. The van der Waals surface area contributed by atoms with E-state index in [2.05, 4.69) is 24.4 Å². The topological polar surface area (TPSA) is 50.7 Å². The molecule has 0 aliphatic heterocycles. The van der Waals surface area contributed by atoms with E-state index in [1.807, 2.05) is 26.1 Å². The Hall–Kier alpha value is -1.10. The third kappa shape index (κ3) is 6.89. The van der Waals surface area contributed by atoms with Crippen LogP contribution in [0, 0.1) is 0 Å². The van der Waals surface area contributed by atoms with Crippen LogP contribution in [0.2, 0.25) is 0 Å². The number of hydrogen-bond acceptors (Lipinski definition) is 4. The van der Waals surface area contributed by atoms with E-state index in [-0.39, 0.29) is 6.61 Å². The Bertz CT molecular complexity index is 353. The molecule has 1 aromatic carbocycles. The van der Waals surface area contributed by atoms with E-state index in [0.29, 0.717) is 19.3 Å². The van der Waals surface area contributed by atoms with Crippen LogP contribution in [-0.2, 0) is 11.2 Å². The number of nitrogens with one attached hydrogen (secondary N) is 1. The van der Waals surface area contributed by atoms with Crippen molar-refractivity contribution in [3.8, 4) is 5.75 Å². The largest absolute Gasteiger partial charge is 0.491 e. The second-order valence-corrected chi connectivity index (χ2v) is 5.00. The van der Waals surface area contributed by atoms with Gasteiger partial charge >= 0.3 is 0 Å². The molecular formula is C16H27NO3. The molecule has 2 atom stereocenters. The van der Waals surface area contributed by atoms with Crippen LogP contribution in [0.15, 0.2) is 24.3 Å². The first-order valence-corrected chi connectivity index (χ1v) is 7.30. The van der Waals surface area contributed by atoms with Crippen LogP contribution < -0.4 is 10.1 Å². The number of aryl methyl sites for hydroxylation is 1. The lowest BCUT2D eigenvalue weighted by Crippen LogP contribution is -2.23. The third-order valence-corrected chi connectivity index (χ3v) is 3.24. The number of aliphatic hydroxyl groups excluding tert-OH is 1. The molecule has 0 fully saturated rings. The van der Waals surface area contributed by atoms with E-state index >= 15 is 0 Å². The van der Waals surface area contributed by atoms with Gasteiger partial charge in [-0.2, -0.15) is 0 Å². The molecule has 1 aromatic rings. The fourth-order valence-electron chi connectivity index (χ4n) is 1.77. The van der Waals surface area contributed by atoms with E-state index < -0.39 is 6.10 Å². The molecule has 0 radical (unpaired) electrons. The molecular weight excluding hydrogens is 254 g/mol. The van der Waals surface area contributed by atoms with Gasteiger partial charge in [-0.05, 0) is 51.4 Å². The van der Waals surface area contributed by atoms with Crippen molar-refractivity contribution < 1.29 is 14.6 Å². The second-order valence-electron chi connectivity index (χ2n) is 5.00. The van der Waals surface area contributed by atoms with E-state index in [1.165, 1.54) is 5.56 Å². The van der Waals surface area contributed by atoms with Crippen LogP contribution in [0.4, 0.5) is 0 Å². The molecule has 1 rings (SSSR count). The van der Waals surface area contributed by atoms with Crippen molar-refractivity contribution in [2.45, 2.75) is 38.8 Å². The summed E-state index contributed by atoms with van der Waals surface area (Å²) in [4.78, 5) is 0. The first kappa shape index (κ1) is 17.0. The molecule has 0 saturated carbocycles. The molecule has 2 N–H and O–H groups in total. The highest BCUT2D eigenvalue weighted by Crippen LogP contribution is 2.14. The van der Waals surface area contributed by atoms with Gasteiger partial charge in [-0.3, -0.25) is 0 Å². The molecule has 2 unspecified atom stereocenters. The molecule has 20 heavy (non-hydrogen) atoms. The maximum Gasteiger partial charge on any atom is 0.119 e. The van der Waals surface area contributed by atoms with Crippen LogP contribution in [0.5, 0.6) is 5.75 Å². The molecule has 0 aromatic heterocycles. The van der Waals surface area contributed by atoms with Crippen molar-refractivity contribution in [1.29, 1.82) is 0 Å². The summed E-state index contributed by atoms with van der Waals surface area (Å²) in [6, 6.07) is 8.58. The molecule has 0 amide bonds. The monoisotopic (exact) mass is 281 g/mol. The van der Waals surface area contributed by atoms with Crippen molar-refractivity contribution in [3.05, 3.63) is 29.8 Å². The lowest BCUT2D eigenvalue weighted by molar-refractivity contribution is 0.0164. The van der Waals surface area contributed by atoms with Crippen LogP contribution in [-0.4, -0.2) is 44.1 Å². The van der Waals surface area contributed by atoms with E-state index in [4.69, 9.17) is 9.47 Å². The van der Waals surface area contributed by atoms with E-state index in [9.17, 15) is 5.11 Å². The Labute approximate surface area is 122 Å². The number of benzene rings is 1. The minimum Gasteiger partial charge on any atom is -0.491 e. The smallest absolute Gasteiger partial charge is 0.119 e. The quantitative estimate of drug-likeness (QED) is 0.689. The average molecular weight is 281 g/mol. The van der Waals surface area contributed by atoms with Gasteiger partial charge in [-0.25, -0.2) is 0 Å². The highest BCUT2D eigenvalue weighted by atomic mass is 16.5.